The molecule has 3 atom stereocenters. The molecule has 4 nitrogen and oxygen atoms in total. The van der Waals surface area contributed by atoms with Crippen molar-refractivity contribution in [1.29, 1.82) is 0 Å². The van der Waals surface area contributed by atoms with Gasteiger partial charge in [0.25, 0.3) is 0 Å². The zero-order valence-electron chi connectivity index (χ0n) is 12.4. The van der Waals surface area contributed by atoms with Gasteiger partial charge in [0.05, 0.1) is 7.11 Å². The third-order valence-corrected chi connectivity index (χ3v) is 4.66. The van der Waals surface area contributed by atoms with Crippen molar-refractivity contribution in [2.45, 2.75) is 45.1 Å². The van der Waals surface area contributed by atoms with Crippen LogP contribution < -0.4 is 5.32 Å². The normalized spacial score (nSPS) is 28.3. The van der Waals surface area contributed by atoms with Crippen LogP contribution in [0.25, 0.3) is 0 Å². The number of likely N-dealkylation sites (tertiary alicyclic amines) is 1. The maximum absolute atomic E-state index is 11.7. The maximum atomic E-state index is 11.7. The molecule has 0 bridgehead atoms. The number of nitrogens with zero attached hydrogens (tertiary/aromatic N) is 1. The Bertz CT molecular complexity index is 284. The molecule has 1 N–H and O–H groups in total. The van der Waals surface area contributed by atoms with E-state index in [1.807, 2.05) is 0 Å². The summed E-state index contributed by atoms with van der Waals surface area (Å²) in [5.74, 6) is 1.74. The van der Waals surface area contributed by atoms with Crippen molar-refractivity contribution in [3.63, 3.8) is 0 Å². The number of methoxy groups -OCH3 is 1. The van der Waals surface area contributed by atoms with Crippen LogP contribution in [-0.4, -0.2) is 50.2 Å². The summed E-state index contributed by atoms with van der Waals surface area (Å²) in [4.78, 5) is 14.3. The molecule has 2 aliphatic rings. The Morgan fingerprint density at radius 1 is 1.37 bits per heavy atom. The zero-order valence-corrected chi connectivity index (χ0v) is 12.4. The number of rotatable bonds is 7. The van der Waals surface area contributed by atoms with E-state index >= 15 is 0 Å². The van der Waals surface area contributed by atoms with E-state index in [9.17, 15) is 4.79 Å². The number of fused-ring (bicyclic) bond motifs is 1. The zero-order chi connectivity index (χ0) is 13.7. The Hall–Kier alpha value is -0.610. The fourth-order valence-electron chi connectivity index (χ4n) is 3.59. The molecule has 110 valence electrons. The molecule has 4 heteroatoms. The molecule has 19 heavy (non-hydrogen) atoms. The van der Waals surface area contributed by atoms with Crippen molar-refractivity contribution < 1.29 is 9.53 Å². The second-order valence-corrected chi connectivity index (χ2v) is 6.03. The Morgan fingerprint density at radius 2 is 2.05 bits per heavy atom. The van der Waals surface area contributed by atoms with Crippen LogP contribution in [0.2, 0.25) is 0 Å². The van der Waals surface area contributed by atoms with Crippen LogP contribution in [0.5, 0.6) is 0 Å². The molecule has 0 spiro atoms. The van der Waals surface area contributed by atoms with Gasteiger partial charge in [0.2, 0.25) is 0 Å². The van der Waals surface area contributed by atoms with Gasteiger partial charge in [-0.15, -0.1) is 0 Å². The van der Waals surface area contributed by atoms with Gasteiger partial charge in [-0.3, -0.25) is 4.79 Å². The number of ether oxygens (including phenoxy) is 1. The van der Waals surface area contributed by atoms with E-state index in [0.717, 1.165) is 37.8 Å². The second kappa shape index (κ2) is 7.25. The minimum atomic E-state index is -0.134. The lowest BCUT2D eigenvalue weighted by molar-refractivity contribution is -0.143. The molecular formula is C15H28N2O2. The molecule has 0 amide bonds. The first-order valence-electron chi connectivity index (χ1n) is 7.78. The highest BCUT2D eigenvalue weighted by Crippen LogP contribution is 2.37. The number of carbonyl (C=O) groups is 1. The number of esters is 1. The van der Waals surface area contributed by atoms with E-state index in [1.54, 1.807) is 0 Å². The van der Waals surface area contributed by atoms with E-state index in [4.69, 9.17) is 4.74 Å². The van der Waals surface area contributed by atoms with Crippen molar-refractivity contribution in [3.8, 4) is 0 Å². The summed E-state index contributed by atoms with van der Waals surface area (Å²) in [7, 11) is 1.48. The quantitative estimate of drug-likeness (QED) is 0.713. The van der Waals surface area contributed by atoms with Gasteiger partial charge < -0.3 is 15.0 Å². The van der Waals surface area contributed by atoms with Gasteiger partial charge in [0.1, 0.15) is 6.04 Å². The summed E-state index contributed by atoms with van der Waals surface area (Å²) in [6.45, 7) is 6.50. The standard InChI is InChI=1S/C15H28N2O2/c1-3-8-16-14(15(18)19-2)7-9-17-10-12-5-4-6-13(12)11-17/h12-14,16H,3-11H2,1-2H3. The molecule has 0 radical (unpaired) electrons. The molecule has 1 saturated heterocycles. The highest BCUT2D eigenvalue weighted by Gasteiger charge is 2.36. The van der Waals surface area contributed by atoms with Crippen LogP contribution in [0.15, 0.2) is 0 Å². The summed E-state index contributed by atoms with van der Waals surface area (Å²) < 4.78 is 4.88. The molecule has 2 fully saturated rings. The van der Waals surface area contributed by atoms with E-state index in [2.05, 4.69) is 17.1 Å². The van der Waals surface area contributed by atoms with Gasteiger partial charge >= 0.3 is 5.97 Å². The molecule has 0 aromatic rings. The van der Waals surface area contributed by atoms with E-state index in [0.29, 0.717) is 0 Å². The average Bonchev–Trinajstić information content (AvgIpc) is 2.98. The van der Waals surface area contributed by atoms with Crippen LogP contribution in [-0.2, 0) is 9.53 Å². The fourth-order valence-corrected chi connectivity index (χ4v) is 3.59. The Balaban J connectivity index is 1.74. The molecule has 0 aromatic heterocycles. The topological polar surface area (TPSA) is 41.6 Å². The molecule has 1 saturated carbocycles. The first kappa shape index (κ1) is 14.8. The average molecular weight is 268 g/mol. The molecule has 3 unspecified atom stereocenters. The number of hydrogen-bond donors (Lipinski definition) is 1. The van der Waals surface area contributed by atoms with Gasteiger partial charge in [-0.1, -0.05) is 13.3 Å². The number of carbonyl (C=O) groups excluding carboxylic acids is 1. The third-order valence-electron chi connectivity index (χ3n) is 4.66. The van der Waals surface area contributed by atoms with Gasteiger partial charge in [-0.25, -0.2) is 0 Å². The summed E-state index contributed by atoms with van der Waals surface area (Å²) in [6, 6.07) is -0.134. The molecule has 1 heterocycles. The van der Waals surface area contributed by atoms with Crippen molar-refractivity contribution in [3.05, 3.63) is 0 Å². The molecule has 2 rings (SSSR count). The van der Waals surface area contributed by atoms with E-state index < -0.39 is 0 Å². The summed E-state index contributed by atoms with van der Waals surface area (Å²) in [6.07, 6.45) is 6.16. The van der Waals surface area contributed by atoms with Gasteiger partial charge in [0, 0.05) is 19.6 Å². The number of hydrogen-bond acceptors (Lipinski definition) is 4. The molecular weight excluding hydrogens is 240 g/mol. The van der Waals surface area contributed by atoms with Gasteiger partial charge in [-0.05, 0) is 44.1 Å². The monoisotopic (exact) mass is 268 g/mol. The Morgan fingerprint density at radius 3 is 2.63 bits per heavy atom. The van der Waals surface area contributed by atoms with Crippen LogP contribution in [0, 0.1) is 11.8 Å². The second-order valence-electron chi connectivity index (χ2n) is 6.03. The molecule has 0 aromatic carbocycles. The van der Waals surface area contributed by atoms with E-state index in [-0.39, 0.29) is 12.0 Å². The Labute approximate surface area is 116 Å². The SMILES string of the molecule is CCCNC(CCN1CC2CCCC2C1)C(=O)OC. The van der Waals surface area contributed by atoms with Gasteiger partial charge in [-0.2, -0.15) is 0 Å². The van der Waals surface area contributed by atoms with Crippen LogP contribution in [0.4, 0.5) is 0 Å². The van der Waals surface area contributed by atoms with Crippen LogP contribution in [0.1, 0.15) is 39.0 Å². The smallest absolute Gasteiger partial charge is 0.322 e. The molecule has 1 aliphatic carbocycles. The van der Waals surface area contributed by atoms with Crippen molar-refractivity contribution in [2.24, 2.45) is 11.8 Å². The summed E-state index contributed by atoms with van der Waals surface area (Å²) in [5, 5.41) is 3.29. The first-order valence-corrected chi connectivity index (χ1v) is 7.78. The lowest BCUT2D eigenvalue weighted by Crippen LogP contribution is -2.40. The third kappa shape index (κ3) is 3.93. The van der Waals surface area contributed by atoms with E-state index in [1.165, 1.54) is 39.5 Å². The van der Waals surface area contributed by atoms with Crippen LogP contribution >= 0.6 is 0 Å². The predicted octanol–water partition coefficient (Wildman–Crippen LogP) is 1.65. The van der Waals surface area contributed by atoms with Gasteiger partial charge in [0.15, 0.2) is 0 Å². The largest absolute Gasteiger partial charge is 0.468 e. The lowest BCUT2D eigenvalue weighted by Gasteiger charge is -2.21. The minimum absolute atomic E-state index is 0.118. The van der Waals surface area contributed by atoms with Crippen LogP contribution in [0.3, 0.4) is 0 Å². The van der Waals surface area contributed by atoms with Crippen molar-refractivity contribution in [1.82, 2.24) is 10.2 Å². The highest BCUT2D eigenvalue weighted by molar-refractivity contribution is 5.75. The maximum Gasteiger partial charge on any atom is 0.322 e. The minimum Gasteiger partial charge on any atom is -0.468 e. The first-order chi connectivity index (χ1) is 9.24. The fraction of sp³-hybridized carbons (Fsp3) is 0.933. The van der Waals surface area contributed by atoms with Crippen molar-refractivity contribution in [2.75, 3.05) is 33.3 Å². The predicted molar refractivity (Wildman–Crippen MR) is 76.0 cm³/mol. The molecule has 1 aliphatic heterocycles. The summed E-state index contributed by atoms with van der Waals surface area (Å²) >= 11 is 0. The number of nitrogens with one attached hydrogen (secondary N) is 1. The lowest BCUT2D eigenvalue weighted by atomic mass is 10.0. The van der Waals surface area contributed by atoms with Crippen molar-refractivity contribution >= 4 is 5.97 Å². The Kier molecular flexibility index (Phi) is 5.64. The summed E-state index contributed by atoms with van der Waals surface area (Å²) in [5.41, 5.74) is 0. The highest BCUT2D eigenvalue weighted by atomic mass is 16.5.